The average molecular weight is 432 g/mol. The minimum absolute atomic E-state index is 0.0209. The molecule has 0 saturated carbocycles. The molecule has 4 rings (SSSR count). The SMILES string of the molecule is O=C(c1ccccc1[N+](=O)[O-])n1c(=O)n(C(=O)c2ccccc2[N+](=O)[O-])c2ccccc21. The number of aromatic nitrogens is 2. The van der Waals surface area contributed by atoms with Crippen LogP contribution in [0.2, 0.25) is 0 Å². The zero-order chi connectivity index (χ0) is 23.0. The molecule has 0 N–H and O–H groups in total. The minimum Gasteiger partial charge on any atom is -0.268 e. The Kier molecular flexibility index (Phi) is 4.91. The largest absolute Gasteiger partial charge is 0.343 e. The lowest BCUT2D eigenvalue weighted by Gasteiger charge is -2.04. The maximum atomic E-state index is 13.2. The van der Waals surface area contributed by atoms with Gasteiger partial charge in [0.05, 0.1) is 20.9 Å². The fraction of sp³-hybridized carbons (Fsp3) is 0. The molecule has 158 valence electrons. The lowest BCUT2D eigenvalue weighted by Crippen LogP contribution is -2.33. The van der Waals surface area contributed by atoms with Gasteiger partial charge in [-0.3, -0.25) is 29.8 Å². The number of carbonyl (C=O) groups excluding carboxylic acids is 2. The highest BCUT2D eigenvalue weighted by molar-refractivity contribution is 6.08. The van der Waals surface area contributed by atoms with Crippen LogP contribution in [0, 0.1) is 20.2 Å². The summed E-state index contributed by atoms with van der Waals surface area (Å²) in [5, 5.41) is 22.7. The molecule has 3 aromatic carbocycles. The van der Waals surface area contributed by atoms with E-state index in [1.807, 2.05) is 0 Å². The molecule has 4 aromatic rings. The second-order valence-electron chi connectivity index (χ2n) is 6.60. The van der Waals surface area contributed by atoms with Crippen molar-refractivity contribution in [2.45, 2.75) is 0 Å². The predicted octanol–water partition coefficient (Wildman–Crippen LogP) is 3.00. The van der Waals surface area contributed by atoms with Crippen LogP contribution < -0.4 is 5.69 Å². The Bertz CT molecular complexity index is 1390. The van der Waals surface area contributed by atoms with Crippen LogP contribution in [-0.4, -0.2) is 30.8 Å². The topological polar surface area (TPSA) is 147 Å². The summed E-state index contributed by atoms with van der Waals surface area (Å²) in [7, 11) is 0. The van der Waals surface area contributed by atoms with Crippen LogP contribution in [0.15, 0.2) is 77.6 Å². The highest BCUT2D eigenvalue weighted by Crippen LogP contribution is 2.23. The minimum atomic E-state index is -1.10. The third-order valence-corrected chi connectivity index (χ3v) is 4.81. The molecule has 0 spiro atoms. The quantitative estimate of drug-likeness (QED) is 0.356. The highest BCUT2D eigenvalue weighted by atomic mass is 16.6. The Balaban J connectivity index is 1.99. The van der Waals surface area contributed by atoms with Gasteiger partial charge in [-0.2, -0.15) is 0 Å². The number of imidazole rings is 1. The molecule has 11 heteroatoms. The van der Waals surface area contributed by atoms with Gasteiger partial charge < -0.3 is 0 Å². The summed E-state index contributed by atoms with van der Waals surface area (Å²) in [4.78, 5) is 60.8. The Morgan fingerprint density at radius 1 is 0.625 bits per heavy atom. The van der Waals surface area contributed by atoms with Gasteiger partial charge in [0.25, 0.3) is 23.2 Å². The van der Waals surface area contributed by atoms with Crippen molar-refractivity contribution in [3.05, 3.63) is 115 Å². The first kappa shape index (κ1) is 20.3. The molecule has 0 aliphatic rings. The van der Waals surface area contributed by atoms with Crippen LogP contribution in [0.1, 0.15) is 20.7 Å². The van der Waals surface area contributed by atoms with Gasteiger partial charge >= 0.3 is 5.69 Å². The van der Waals surface area contributed by atoms with E-state index in [4.69, 9.17) is 0 Å². The number of nitrogens with zero attached hydrogens (tertiary/aromatic N) is 4. The smallest absolute Gasteiger partial charge is 0.268 e. The third kappa shape index (κ3) is 3.13. The molecule has 1 aromatic heterocycles. The van der Waals surface area contributed by atoms with Gasteiger partial charge in [0, 0.05) is 12.1 Å². The Labute approximate surface area is 178 Å². The van der Waals surface area contributed by atoms with Crippen LogP contribution >= 0.6 is 0 Å². The zero-order valence-corrected chi connectivity index (χ0v) is 16.1. The van der Waals surface area contributed by atoms with Crippen molar-refractivity contribution in [3.63, 3.8) is 0 Å². The second kappa shape index (κ2) is 7.72. The van der Waals surface area contributed by atoms with Crippen molar-refractivity contribution < 1.29 is 19.4 Å². The molecule has 0 aliphatic carbocycles. The fourth-order valence-electron chi connectivity index (χ4n) is 3.41. The number of hydrogen-bond acceptors (Lipinski definition) is 7. The summed E-state index contributed by atoms with van der Waals surface area (Å²) >= 11 is 0. The molecule has 0 radical (unpaired) electrons. The molecule has 32 heavy (non-hydrogen) atoms. The number of benzene rings is 3. The summed E-state index contributed by atoms with van der Waals surface area (Å²) in [5.41, 5.74) is -2.77. The van der Waals surface area contributed by atoms with E-state index in [0.29, 0.717) is 9.13 Å². The van der Waals surface area contributed by atoms with Crippen molar-refractivity contribution in [1.29, 1.82) is 0 Å². The predicted molar refractivity (Wildman–Crippen MR) is 112 cm³/mol. The van der Waals surface area contributed by atoms with Crippen LogP contribution in [0.4, 0.5) is 11.4 Å². The van der Waals surface area contributed by atoms with Gasteiger partial charge in [-0.1, -0.05) is 36.4 Å². The number of nitro groups is 2. The van der Waals surface area contributed by atoms with E-state index in [1.165, 1.54) is 60.7 Å². The molecule has 0 fully saturated rings. The molecule has 0 aliphatic heterocycles. The Hall–Kier alpha value is -4.93. The number of fused-ring (bicyclic) bond motifs is 1. The molecular formula is C21H12N4O7. The van der Waals surface area contributed by atoms with E-state index in [-0.39, 0.29) is 22.2 Å². The molecule has 0 saturated heterocycles. The first-order valence-corrected chi connectivity index (χ1v) is 9.11. The van der Waals surface area contributed by atoms with Crippen molar-refractivity contribution in [3.8, 4) is 0 Å². The van der Waals surface area contributed by atoms with E-state index < -0.39 is 38.7 Å². The number of para-hydroxylation sites is 4. The third-order valence-electron chi connectivity index (χ3n) is 4.81. The molecule has 0 atom stereocenters. The van der Waals surface area contributed by atoms with E-state index in [9.17, 15) is 34.6 Å². The first-order valence-electron chi connectivity index (χ1n) is 9.11. The lowest BCUT2D eigenvalue weighted by atomic mass is 10.1. The summed E-state index contributed by atoms with van der Waals surface area (Å²) in [6.45, 7) is 0. The van der Waals surface area contributed by atoms with Crippen LogP contribution in [0.3, 0.4) is 0 Å². The van der Waals surface area contributed by atoms with Gasteiger partial charge in [-0.25, -0.2) is 13.9 Å². The van der Waals surface area contributed by atoms with Crippen molar-refractivity contribution in [1.82, 2.24) is 9.13 Å². The maximum absolute atomic E-state index is 13.2. The van der Waals surface area contributed by atoms with Gasteiger partial charge in [-0.15, -0.1) is 0 Å². The Morgan fingerprint density at radius 3 is 1.34 bits per heavy atom. The van der Waals surface area contributed by atoms with E-state index >= 15 is 0 Å². The van der Waals surface area contributed by atoms with Crippen molar-refractivity contribution >= 4 is 34.2 Å². The summed E-state index contributed by atoms with van der Waals surface area (Å²) < 4.78 is 1.29. The zero-order valence-electron chi connectivity index (χ0n) is 16.1. The van der Waals surface area contributed by atoms with Gasteiger partial charge in [0.15, 0.2) is 0 Å². The van der Waals surface area contributed by atoms with Crippen LogP contribution in [-0.2, 0) is 0 Å². The van der Waals surface area contributed by atoms with Crippen molar-refractivity contribution in [2.75, 3.05) is 0 Å². The second-order valence-corrected chi connectivity index (χ2v) is 6.60. The molecular weight excluding hydrogens is 420 g/mol. The molecule has 1 heterocycles. The maximum Gasteiger partial charge on any atom is 0.343 e. The normalized spacial score (nSPS) is 10.8. The number of nitro benzene ring substituents is 2. The Morgan fingerprint density at radius 2 is 0.969 bits per heavy atom. The molecule has 0 bridgehead atoms. The average Bonchev–Trinajstić information content (AvgIpc) is 3.09. The summed E-state index contributed by atoms with van der Waals surface area (Å²) in [5.74, 6) is -2.01. The van der Waals surface area contributed by atoms with E-state index in [0.717, 1.165) is 12.1 Å². The molecule has 0 unspecified atom stereocenters. The van der Waals surface area contributed by atoms with E-state index in [1.54, 1.807) is 0 Å². The monoisotopic (exact) mass is 432 g/mol. The van der Waals surface area contributed by atoms with Crippen molar-refractivity contribution in [2.24, 2.45) is 0 Å². The molecule has 11 nitrogen and oxygen atoms in total. The highest BCUT2D eigenvalue weighted by Gasteiger charge is 2.29. The van der Waals surface area contributed by atoms with Gasteiger partial charge in [0.2, 0.25) is 0 Å². The first-order chi connectivity index (χ1) is 15.3. The summed E-state index contributed by atoms with van der Waals surface area (Å²) in [6, 6.07) is 16.0. The van der Waals surface area contributed by atoms with Gasteiger partial charge in [-0.05, 0) is 24.3 Å². The van der Waals surface area contributed by atoms with Gasteiger partial charge in [0.1, 0.15) is 11.1 Å². The lowest BCUT2D eigenvalue weighted by molar-refractivity contribution is -0.385. The van der Waals surface area contributed by atoms with Crippen LogP contribution in [0.5, 0.6) is 0 Å². The number of hydrogen-bond donors (Lipinski definition) is 0. The molecule has 0 amide bonds. The van der Waals surface area contributed by atoms with Crippen LogP contribution in [0.25, 0.3) is 11.0 Å². The summed E-state index contributed by atoms with van der Waals surface area (Å²) in [6.07, 6.45) is 0. The number of rotatable bonds is 4. The van der Waals surface area contributed by atoms with E-state index in [2.05, 4.69) is 0 Å². The standard InChI is InChI=1S/C21H12N4O7/c26-19(13-7-1-3-9-15(13)24(29)30)22-17-11-5-6-12-18(17)23(21(22)28)20(27)14-8-2-4-10-16(14)25(31)32/h1-12H. The number of carbonyl (C=O) groups is 2. The fourth-order valence-corrected chi connectivity index (χ4v) is 3.41.